The summed E-state index contributed by atoms with van der Waals surface area (Å²) in [6, 6.07) is 4.32. The second-order valence-corrected chi connectivity index (χ2v) is 5.90. The minimum Gasteiger partial charge on any atom is -0.496 e. The zero-order valence-electron chi connectivity index (χ0n) is 12.2. The Kier molecular flexibility index (Phi) is 4.58. The van der Waals surface area contributed by atoms with E-state index in [2.05, 4.69) is 40.3 Å². The van der Waals surface area contributed by atoms with Gasteiger partial charge in [0.05, 0.1) is 7.11 Å². The number of aryl methyl sites for hydroxylation is 1. The number of nitrogens with two attached hydrogens (primary N) is 1. The van der Waals surface area contributed by atoms with Crippen LogP contribution >= 0.6 is 0 Å². The van der Waals surface area contributed by atoms with Gasteiger partial charge in [0.15, 0.2) is 0 Å². The fraction of sp³-hybridized carbons (Fsp3) is 0.500. The van der Waals surface area contributed by atoms with E-state index in [1.807, 2.05) is 12.1 Å². The molecule has 0 bridgehead atoms. The number of benzene rings is 1. The van der Waals surface area contributed by atoms with Gasteiger partial charge in [-0.3, -0.25) is 0 Å². The van der Waals surface area contributed by atoms with Crippen LogP contribution < -0.4 is 10.5 Å². The number of methoxy groups -OCH3 is 1. The molecule has 1 rings (SSSR count). The van der Waals surface area contributed by atoms with E-state index in [1.165, 1.54) is 5.56 Å². The number of rotatable bonds is 4. The lowest BCUT2D eigenvalue weighted by Crippen LogP contribution is -2.37. The summed E-state index contributed by atoms with van der Waals surface area (Å²) in [6.07, 6.45) is 2.72. The average Bonchev–Trinajstić information content (AvgIpc) is 2.28. The first-order chi connectivity index (χ1) is 8.29. The van der Waals surface area contributed by atoms with Crippen molar-refractivity contribution in [3.8, 4) is 5.75 Å². The number of hydrogen-bond acceptors (Lipinski definition) is 2. The summed E-state index contributed by atoms with van der Waals surface area (Å²) in [6.45, 7) is 12.4. The van der Waals surface area contributed by atoms with Gasteiger partial charge in [0.25, 0.3) is 0 Å². The molecule has 0 fully saturated rings. The first-order valence-electron chi connectivity index (χ1n) is 6.35. The van der Waals surface area contributed by atoms with Crippen molar-refractivity contribution >= 4 is 6.08 Å². The third-order valence-electron chi connectivity index (χ3n) is 3.43. The summed E-state index contributed by atoms with van der Waals surface area (Å²) in [4.78, 5) is 0. The monoisotopic (exact) mass is 247 g/mol. The number of ether oxygens (including phenoxy) is 1. The lowest BCUT2D eigenvalue weighted by atomic mass is 9.82. The van der Waals surface area contributed by atoms with Crippen LogP contribution in [0.25, 0.3) is 6.08 Å². The van der Waals surface area contributed by atoms with E-state index in [0.717, 1.165) is 23.3 Å². The van der Waals surface area contributed by atoms with Crippen LogP contribution in [0, 0.1) is 12.3 Å². The Labute approximate surface area is 111 Å². The van der Waals surface area contributed by atoms with E-state index in [0.29, 0.717) is 0 Å². The Hall–Kier alpha value is -1.28. The van der Waals surface area contributed by atoms with Crippen LogP contribution in [0.5, 0.6) is 5.75 Å². The summed E-state index contributed by atoms with van der Waals surface area (Å²) < 4.78 is 5.34. The molecule has 1 aromatic rings. The molecule has 0 aliphatic carbocycles. The first kappa shape index (κ1) is 14.8. The van der Waals surface area contributed by atoms with Crippen molar-refractivity contribution in [2.75, 3.05) is 7.11 Å². The highest BCUT2D eigenvalue weighted by Gasteiger charge is 2.21. The van der Waals surface area contributed by atoms with Gasteiger partial charge in [-0.2, -0.15) is 0 Å². The maximum absolute atomic E-state index is 6.26. The van der Waals surface area contributed by atoms with E-state index < -0.39 is 0 Å². The first-order valence-corrected chi connectivity index (χ1v) is 6.35. The Morgan fingerprint density at radius 2 is 2.00 bits per heavy atom. The van der Waals surface area contributed by atoms with Gasteiger partial charge in [-0.1, -0.05) is 39.5 Å². The Morgan fingerprint density at radius 3 is 2.44 bits per heavy atom. The molecule has 0 radical (unpaired) electrons. The zero-order valence-corrected chi connectivity index (χ0v) is 12.2. The lowest BCUT2D eigenvalue weighted by Gasteiger charge is -2.28. The van der Waals surface area contributed by atoms with Gasteiger partial charge >= 0.3 is 0 Å². The Balaban J connectivity index is 3.09. The van der Waals surface area contributed by atoms with Gasteiger partial charge in [0.1, 0.15) is 5.75 Å². The third kappa shape index (κ3) is 3.36. The Bertz CT molecular complexity index is 429. The van der Waals surface area contributed by atoms with Crippen molar-refractivity contribution < 1.29 is 4.74 Å². The normalized spacial score (nSPS) is 13.2. The van der Waals surface area contributed by atoms with Crippen LogP contribution in [-0.2, 0) is 6.42 Å². The molecule has 1 aromatic carbocycles. The molecule has 1 unspecified atom stereocenters. The molecule has 2 N–H and O–H groups in total. The molecule has 0 spiro atoms. The van der Waals surface area contributed by atoms with E-state index in [9.17, 15) is 0 Å². The summed E-state index contributed by atoms with van der Waals surface area (Å²) >= 11 is 0. The molecular weight excluding hydrogens is 222 g/mol. The largest absolute Gasteiger partial charge is 0.496 e. The fourth-order valence-corrected chi connectivity index (χ4v) is 1.89. The summed E-state index contributed by atoms with van der Waals surface area (Å²) in [5, 5.41) is 0. The molecule has 0 amide bonds. The predicted octanol–water partition coefficient (Wildman–Crippen LogP) is 3.56. The minimum atomic E-state index is 0.103. The third-order valence-corrected chi connectivity index (χ3v) is 3.43. The quantitative estimate of drug-likeness (QED) is 0.883. The van der Waals surface area contributed by atoms with Crippen molar-refractivity contribution in [1.82, 2.24) is 0 Å². The lowest BCUT2D eigenvalue weighted by molar-refractivity contribution is 0.318. The molecule has 0 aliphatic rings. The van der Waals surface area contributed by atoms with Crippen molar-refractivity contribution in [2.45, 2.75) is 40.2 Å². The van der Waals surface area contributed by atoms with E-state index >= 15 is 0 Å². The molecule has 0 saturated carbocycles. The van der Waals surface area contributed by atoms with Crippen LogP contribution in [0.4, 0.5) is 0 Å². The maximum Gasteiger partial charge on any atom is 0.122 e. The SMILES string of the molecule is C=Cc1cc(OC)c(C)cc1CC(N)C(C)(C)C. The van der Waals surface area contributed by atoms with Gasteiger partial charge in [-0.05, 0) is 41.5 Å². The summed E-state index contributed by atoms with van der Waals surface area (Å²) in [5.41, 5.74) is 9.85. The molecule has 0 heterocycles. The highest BCUT2D eigenvalue weighted by molar-refractivity contribution is 5.57. The standard InChI is InChI=1S/C16H25NO/c1-7-12-9-14(18-6)11(2)8-13(12)10-15(17)16(3,4)5/h7-9,15H,1,10,17H2,2-6H3. The molecule has 0 aliphatic heterocycles. The zero-order chi connectivity index (χ0) is 13.9. The maximum atomic E-state index is 6.26. The van der Waals surface area contributed by atoms with Crippen LogP contribution in [-0.4, -0.2) is 13.2 Å². The van der Waals surface area contributed by atoms with Gasteiger partial charge in [0.2, 0.25) is 0 Å². The van der Waals surface area contributed by atoms with Crippen LogP contribution in [0.15, 0.2) is 18.7 Å². The van der Waals surface area contributed by atoms with E-state index in [4.69, 9.17) is 10.5 Å². The highest BCUT2D eigenvalue weighted by atomic mass is 16.5. The molecule has 2 nitrogen and oxygen atoms in total. The average molecular weight is 247 g/mol. The second-order valence-electron chi connectivity index (χ2n) is 5.90. The summed E-state index contributed by atoms with van der Waals surface area (Å²) in [5.74, 6) is 0.901. The summed E-state index contributed by atoms with van der Waals surface area (Å²) in [7, 11) is 1.69. The van der Waals surface area contributed by atoms with E-state index in [1.54, 1.807) is 7.11 Å². The smallest absolute Gasteiger partial charge is 0.122 e. The van der Waals surface area contributed by atoms with Gasteiger partial charge in [0, 0.05) is 6.04 Å². The van der Waals surface area contributed by atoms with Crippen LogP contribution in [0.2, 0.25) is 0 Å². The van der Waals surface area contributed by atoms with Gasteiger partial charge in [-0.25, -0.2) is 0 Å². The van der Waals surface area contributed by atoms with E-state index in [-0.39, 0.29) is 11.5 Å². The topological polar surface area (TPSA) is 35.2 Å². The minimum absolute atomic E-state index is 0.103. The molecule has 1 atom stereocenters. The molecule has 0 saturated heterocycles. The molecule has 0 aromatic heterocycles. The van der Waals surface area contributed by atoms with Crippen molar-refractivity contribution in [3.05, 3.63) is 35.4 Å². The second kappa shape index (κ2) is 5.57. The molecular formula is C16H25NO. The fourth-order valence-electron chi connectivity index (χ4n) is 1.89. The molecule has 2 heteroatoms. The number of hydrogen-bond donors (Lipinski definition) is 1. The van der Waals surface area contributed by atoms with Gasteiger partial charge in [-0.15, -0.1) is 0 Å². The predicted molar refractivity (Wildman–Crippen MR) is 79.0 cm³/mol. The Morgan fingerprint density at radius 1 is 1.39 bits per heavy atom. The van der Waals surface area contributed by atoms with Crippen molar-refractivity contribution in [2.24, 2.45) is 11.1 Å². The van der Waals surface area contributed by atoms with Crippen molar-refractivity contribution in [3.63, 3.8) is 0 Å². The molecule has 18 heavy (non-hydrogen) atoms. The van der Waals surface area contributed by atoms with Crippen LogP contribution in [0.1, 0.15) is 37.5 Å². The highest BCUT2D eigenvalue weighted by Crippen LogP contribution is 2.27. The van der Waals surface area contributed by atoms with Gasteiger partial charge < -0.3 is 10.5 Å². The van der Waals surface area contributed by atoms with Crippen LogP contribution in [0.3, 0.4) is 0 Å². The molecule has 100 valence electrons. The van der Waals surface area contributed by atoms with Crippen molar-refractivity contribution in [1.29, 1.82) is 0 Å².